The van der Waals surface area contributed by atoms with Crippen LogP contribution in [-0.4, -0.2) is 11.5 Å². The van der Waals surface area contributed by atoms with Crippen LogP contribution in [0.1, 0.15) is 29.2 Å². The fraction of sp³-hybridized carbons (Fsp3) is 0.308. The maximum Gasteiger partial charge on any atom is 0.128 e. The molecule has 0 spiro atoms. The first-order chi connectivity index (χ1) is 8.61. The summed E-state index contributed by atoms with van der Waals surface area (Å²) in [6, 6.07) is 3.09. The van der Waals surface area contributed by atoms with Gasteiger partial charge in [-0.3, -0.25) is 0 Å². The molecule has 1 heterocycles. The van der Waals surface area contributed by atoms with E-state index in [2.05, 4.69) is 10.3 Å². The van der Waals surface area contributed by atoms with Crippen molar-refractivity contribution in [1.82, 2.24) is 10.3 Å². The molecule has 1 unspecified atom stereocenters. The molecule has 2 aromatic rings. The molecule has 0 aliphatic rings. The monoisotopic (exact) mass is 268 g/mol. The zero-order valence-corrected chi connectivity index (χ0v) is 11.0. The highest BCUT2D eigenvalue weighted by atomic mass is 32.1. The van der Waals surface area contributed by atoms with Crippen LogP contribution >= 0.6 is 11.3 Å². The Kier molecular flexibility index (Phi) is 4.04. The zero-order valence-electron chi connectivity index (χ0n) is 10.2. The van der Waals surface area contributed by atoms with Crippen molar-refractivity contribution in [2.75, 3.05) is 6.54 Å². The van der Waals surface area contributed by atoms with E-state index in [0.29, 0.717) is 12.1 Å². The number of aromatic nitrogens is 1. The van der Waals surface area contributed by atoms with Crippen molar-refractivity contribution in [3.8, 4) is 0 Å². The third-order valence-corrected chi connectivity index (χ3v) is 3.59. The Bertz CT molecular complexity index is 540. The van der Waals surface area contributed by atoms with Crippen LogP contribution in [0, 0.1) is 18.6 Å². The van der Waals surface area contributed by atoms with Gasteiger partial charge in [0.2, 0.25) is 0 Å². The molecular weight excluding hydrogens is 254 g/mol. The molecule has 1 aromatic carbocycles. The lowest BCUT2D eigenvalue weighted by Gasteiger charge is -2.16. The van der Waals surface area contributed by atoms with E-state index in [9.17, 15) is 8.78 Å². The first-order valence-electron chi connectivity index (χ1n) is 5.72. The molecule has 0 saturated carbocycles. The van der Waals surface area contributed by atoms with Crippen LogP contribution in [0.25, 0.3) is 0 Å². The standard InChI is InChI=1S/C13H14F2N2S/c1-3-16-12(13-17-8(2)7-18-13)10-6-9(14)4-5-11(10)15/h4-7,12,16H,3H2,1-2H3. The summed E-state index contributed by atoms with van der Waals surface area (Å²) in [7, 11) is 0. The molecule has 2 nitrogen and oxygen atoms in total. The van der Waals surface area contributed by atoms with Crippen LogP contribution in [0.2, 0.25) is 0 Å². The number of benzene rings is 1. The van der Waals surface area contributed by atoms with Gasteiger partial charge in [0.05, 0.1) is 6.04 Å². The van der Waals surface area contributed by atoms with E-state index < -0.39 is 17.7 Å². The van der Waals surface area contributed by atoms with Crippen molar-refractivity contribution < 1.29 is 8.78 Å². The molecule has 0 aliphatic carbocycles. The summed E-state index contributed by atoms with van der Waals surface area (Å²) >= 11 is 1.44. The number of hydrogen-bond acceptors (Lipinski definition) is 3. The molecule has 0 saturated heterocycles. The first kappa shape index (κ1) is 13.1. The van der Waals surface area contributed by atoms with E-state index in [0.717, 1.165) is 22.8 Å². The Hall–Kier alpha value is -1.33. The SMILES string of the molecule is CCNC(c1nc(C)cs1)c1cc(F)ccc1F. The summed E-state index contributed by atoms with van der Waals surface area (Å²) in [6.07, 6.45) is 0. The molecule has 0 bridgehead atoms. The van der Waals surface area contributed by atoms with Gasteiger partial charge in [-0.05, 0) is 31.7 Å². The van der Waals surface area contributed by atoms with Gasteiger partial charge >= 0.3 is 0 Å². The minimum Gasteiger partial charge on any atom is -0.304 e. The fourth-order valence-corrected chi connectivity index (χ4v) is 2.66. The zero-order chi connectivity index (χ0) is 13.1. The lowest BCUT2D eigenvalue weighted by atomic mass is 10.1. The average Bonchev–Trinajstić information content (AvgIpc) is 2.76. The Labute approximate surface area is 109 Å². The summed E-state index contributed by atoms with van der Waals surface area (Å²) in [6.45, 7) is 4.45. The minimum absolute atomic E-state index is 0.297. The summed E-state index contributed by atoms with van der Waals surface area (Å²) in [5.74, 6) is -0.863. The molecule has 0 aliphatic heterocycles. The number of halogens is 2. The molecule has 0 radical (unpaired) electrons. The first-order valence-corrected chi connectivity index (χ1v) is 6.60. The van der Waals surface area contributed by atoms with Crippen LogP contribution in [0.4, 0.5) is 8.78 Å². The fourth-order valence-electron chi connectivity index (χ4n) is 1.78. The smallest absolute Gasteiger partial charge is 0.128 e. The minimum atomic E-state index is -0.442. The van der Waals surface area contributed by atoms with Gasteiger partial charge in [0.1, 0.15) is 16.6 Å². The van der Waals surface area contributed by atoms with E-state index in [1.165, 1.54) is 17.4 Å². The molecule has 0 fully saturated rings. The number of hydrogen-bond donors (Lipinski definition) is 1. The van der Waals surface area contributed by atoms with Gasteiger partial charge < -0.3 is 5.32 Å². The molecule has 0 amide bonds. The lowest BCUT2D eigenvalue weighted by molar-refractivity contribution is 0.543. The number of nitrogens with one attached hydrogen (secondary N) is 1. The summed E-state index contributed by atoms with van der Waals surface area (Å²) < 4.78 is 27.1. The third kappa shape index (κ3) is 2.73. The van der Waals surface area contributed by atoms with Gasteiger partial charge in [0, 0.05) is 16.6 Å². The van der Waals surface area contributed by atoms with Gasteiger partial charge in [-0.15, -0.1) is 11.3 Å². The molecule has 96 valence electrons. The third-order valence-electron chi connectivity index (χ3n) is 2.56. The Morgan fingerprint density at radius 1 is 1.39 bits per heavy atom. The number of aryl methyl sites for hydroxylation is 1. The Morgan fingerprint density at radius 3 is 2.78 bits per heavy atom. The number of rotatable bonds is 4. The molecule has 5 heteroatoms. The molecule has 1 atom stereocenters. The highest BCUT2D eigenvalue weighted by Crippen LogP contribution is 2.27. The van der Waals surface area contributed by atoms with Crippen LogP contribution in [-0.2, 0) is 0 Å². The quantitative estimate of drug-likeness (QED) is 0.919. The van der Waals surface area contributed by atoms with Gasteiger partial charge in [-0.1, -0.05) is 6.92 Å². The van der Waals surface area contributed by atoms with Crippen molar-refractivity contribution in [3.63, 3.8) is 0 Å². The second kappa shape index (κ2) is 5.54. The van der Waals surface area contributed by atoms with Crippen LogP contribution in [0.15, 0.2) is 23.6 Å². The van der Waals surface area contributed by atoms with Crippen molar-refractivity contribution in [2.45, 2.75) is 19.9 Å². The van der Waals surface area contributed by atoms with E-state index >= 15 is 0 Å². The second-order valence-corrected chi connectivity index (χ2v) is 4.87. The van der Waals surface area contributed by atoms with Crippen LogP contribution < -0.4 is 5.32 Å². The molecule has 1 aromatic heterocycles. The lowest BCUT2D eigenvalue weighted by Crippen LogP contribution is -2.23. The summed E-state index contributed by atoms with van der Waals surface area (Å²) in [5, 5.41) is 5.79. The normalized spacial score (nSPS) is 12.7. The average molecular weight is 268 g/mol. The second-order valence-electron chi connectivity index (χ2n) is 3.98. The van der Waals surface area contributed by atoms with Crippen molar-refractivity contribution >= 4 is 11.3 Å². The molecule has 1 N–H and O–H groups in total. The van der Waals surface area contributed by atoms with Crippen molar-refractivity contribution in [2.24, 2.45) is 0 Å². The topological polar surface area (TPSA) is 24.9 Å². The summed E-state index contributed by atoms with van der Waals surface area (Å²) in [4.78, 5) is 4.34. The predicted molar refractivity (Wildman–Crippen MR) is 68.7 cm³/mol. The largest absolute Gasteiger partial charge is 0.304 e. The van der Waals surface area contributed by atoms with E-state index in [1.807, 2.05) is 19.2 Å². The van der Waals surface area contributed by atoms with Gasteiger partial charge in [-0.2, -0.15) is 0 Å². The van der Waals surface area contributed by atoms with Gasteiger partial charge in [-0.25, -0.2) is 13.8 Å². The molecular formula is C13H14F2N2S. The van der Waals surface area contributed by atoms with Gasteiger partial charge in [0.15, 0.2) is 0 Å². The predicted octanol–water partition coefficient (Wildman–Crippen LogP) is 3.43. The van der Waals surface area contributed by atoms with E-state index in [-0.39, 0.29) is 0 Å². The Morgan fingerprint density at radius 2 is 2.17 bits per heavy atom. The Balaban J connectivity index is 2.44. The van der Waals surface area contributed by atoms with Crippen molar-refractivity contribution in [3.05, 3.63) is 51.5 Å². The van der Waals surface area contributed by atoms with Crippen LogP contribution in [0.3, 0.4) is 0 Å². The maximum atomic E-state index is 13.8. The van der Waals surface area contributed by atoms with Gasteiger partial charge in [0.25, 0.3) is 0 Å². The van der Waals surface area contributed by atoms with E-state index in [1.54, 1.807) is 0 Å². The highest BCUT2D eigenvalue weighted by molar-refractivity contribution is 7.09. The van der Waals surface area contributed by atoms with E-state index in [4.69, 9.17) is 0 Å². The van der Waals surface area contributed by atoms with Crippen molar-refractivity contribution in [1.29, 1.82) is 0 Å². The summed E-state index contributed by atoms with van der Waals surface area (Å²) in [5.41, 5.74) is 1.18. The maximum absolute atomic E-state index is 13.8. The highest BCUT2D eigenvalue weighted by Gasteiger charge is 2.20. The van der Waals surface area contributed by atoms with Crippen LogP contribution in [0.5, 0.6) is 0 Å². The number of nitrogens with zero attached hydrogens (tertiary/aromatic N) is 1. The molecule has 2 rings (SSSR count). The molecule has 18 heavy (non-hydrogen) atoms. The number of thiazole rings is 1.